The number of carbonyl (C=O) groups excluding carboxylic acids is 1. The van der Waals surface area contributed by atoms with Gasteiger partial charge in [-0.2, -0.15) is 0 Å². The average molecular weight is 297 g/mol. The third-order valence-corrected chi connectivity index (χ3v) is 4.23. The summed E-state index contributed by atoms with van der Waals surface area (Å²) < 4.78 is 5.41. The highest BCUT2D eigenvalue weighted by Crippen LogP contribution is 2.20. The van der Waals surface area contributed by atoms with Gasteiger partial charge in [0.15, 0.2) is 0 Å². The predicted molar refractivity (Wildman–Crippen MR) is 84.4 cm³/mol. The maximum atomic E-state index is 12.0. The first-order valence-electron chi connectivity index (χ1n) is 8.40. The number of alkyl carbamates (subject to hydrolysis) is 1. The molecule has 1 amide bonds. The van der Waals surface area contributed by atoms with Gasteiger partial charge >= 0.3 is 6.09 Å². The van der Waals surface area contributed by atoms with Gasteiger partial charge in [0.05, 0.1) is 0 Å². The Morgan fingerprint density at radius 1 is 1.10 bits per heavy atom. The number of nitrogens with one attached hydrogen (secondary N) is 3. The van der Waals surface area contributed by atoms with Crippen molar-refractivity contribution in [2.45, 2.75) is 83.0 Å². The van der Waals surface area contributed by atoms with Crippen LogP contribution in [0.2, 0.25) is 0 Å². The van der Waals surface area contributed by atoms with Crippen molar-refractivity contribution in [3.63, 3.8) is 0 Å². The summed E-state index contributed by atoms with van der Waals surface area (Å²) in [5.74, 6) is 0. The molecule has 0 radical (unpaired) electrons. The molecule has 1 saturated heterocycles. The van der Waals surface area contributed by atoms with Gasteiger partial charge < -0.3 is 20.7 Å². The number of hydrogen-bond donors (Lipinski definition) is 3. The van der Waals surface area contributed by atoms with Gasteiger partial charge in [-0.3, -0.25) is 0 Å². The van der Waals surface area contributed by atoms with Crippen LogP contribution in [-0.2, 0) is 4.74 Å². The molecule has 0 spiro atoms. The van der Waals surface area contributed by atoms with Crippen molar-refractivity contribution in [2.24, 2.45) is 0 Å². The van der Waals surface area contributed by atoms with Crippen LogP contribution in [0.5, 0.6) is 0 Å². The molecule has 2 aliphatic rings. The monoisotopic (exact) mass is 297 g/mol. The van der Waals surface area contributed by atoms with Crippen LogP contribution in [0, 0.1) is 0 Å². The molecule has 5 nitrogen and oxygen atoms in total. The first-order valence-corrected chi connectivity index (χ1v) is 8.40. The van der Waals surface area contributed by atoms with Crippen LogP contribution in [-0.4, -0.2) is 42.9 Å². The highest BCUT2D eigenvalue weighted by atomic mass is 16.6. The lowest BCUT2D eigenvalue weighted by atomic mass is 10.0. The maximum absolute atomic E-state index is 12.0. The fourth-order valence-corrected chi connectivity index (χ4v) is 3.24. The number of amides is 1. The lowest BCUT2D eigenvalue weighted by Gasteiger charge is -2.30. The minimum absolute atomic E-state index is 0.183. The molecular formula is C16H31N3O2. The van der Waals surface area contributed by atoms with Crippen LogP contribution in [0.1, 0.15) is 59.3 Å². The third-order valence-electron chi connectivity index (χ3n) is 4.23. The summed E-state index contributed by atoms with van der Waals surface area (Å²) >= 11 is 0. The second kappa shape index (κ2) is 7.45. The van der Waals surface area contributed by atoms with Crippen molar-refractivity contribution in [3.05, 3.63) is 0 Å². The lowest BCUT2D eigenvalue weighted by Crippen LogP contribution is -2.53. The van der Waals surface area contributed by atoms with E-state index < -0.39 is 5.60 Å². The van der Waals surface area contributed by atoms with Crippen molar-refractivity contribution in [2.75, 3.05) is 13.1 Å². The van der Waals surface area contributed by atoms with Gasteiger partial charge in [-0.15, -0.1) is 0 Å². The van der Waals surface area contributed by atoms with E-state index in [1.807, 2.05) is 20.8 Å². The molecule has 1 heterocycles. The summed E-state index contributed by atoms with van der Waals surface area (Å²) in [6.07, 6.45) is 6.74. The number of rotatable bonds is 3. The van der Waals surface area contributed by atoms with Gasteiger partial charge in [-0.25, -0.2) is 4.79 Å². The van der Waals surface area contributed by atoms with Crippen LogP contribution in [0.15, 0.2) is 0 Å². The van der Waals surface area contributed by atoms with Gasteiger partial charge in [0.25, 0.3) is 0 Å². The molecule has 1 saturated carbocycles. The Bertz CT molecular complexity index is 335. The summed E-state index contributed by atoms with van der Waals surface area (Å²) in [7, 11) is 0. The Labute approximate surface area is 128 Å². The zero-order valence-electron chi connectivity index (χ0n) is 13.7. The molecule has 3 unspecified atom stereocenters. The topological polar surface area (TPSA) is 62.4 Å². The lowest BCUT2D eigenvalue weighted by molar-refractivity contribution is 0.0488. The fourth-order valence-electron chi connectivity index (χ4n) is 3.24. The van der Waals surface area contributed by atoms with Crippen LogP contribution in [0.25, 0.3) is 0 Å². The summed E-state index contributed by atoms with van der Waals surface area (Å²) in [4.78, 5) is 12.0. The second-order valence-electron chi connectivity index (χ2n) is 7.35. The van der Waals surface area contributed by atoms with Crippen molar-refractivity contribution < 1.29 is 9.53 Å². The smallest absolute Gasteiger partial charge is 0.407 e. The average Bonchev–Trinajstić information content (AvgIpc) is 2.77. The van der Waals surface area contributed by atoms with Crippen LogP contribution in [0.3, 0.4) is 0 Å². The predicted octanol–water partition coefficient (Wildman–Crippen LogP) is 2.16. The minimum atomic E-state index is -0.437. The van der Waals surface area contributed by atoms with Crippen LogP contribution in [0.4, 0.5) is 4.79 Å². The fraction of sp³-hybridized carbons (Fsp3) is 0.938. The normalized spacial score (nSPS) is 30.7. The molecule has 0 aromatic rings. The van der Waals surface area contributed by atoms with E-state index in [9.17, 15) is 4.79 Å². The van der Waals surface area contributed by atoms with E-state index in [1.165, 1.54) is 25.7 Å². The molecule has 5 heteroatoms. The Balaban J connectivity index is 1.90. The highest BCUT2D eigenvalue weighted by Gasteiger charge is 2.29. The quantitative estimate of drug-likeness (QED) is 0.699. The molecular weight excluding hydrogens is 266 g/mol. The first kappa shape index (κ1) is 16.6. The molecule has 2 fully saturated rings. The molecule has 0 aromatic carbocycles. The zero-order valence-corrected chi connectivity index (χ0v) is 13.7. The third kappa shape index (κ3) is 5.83. The van der Waals surface area contributed by atoms with Gasteiger partial charge in [0.1, 0.15) is 5.60 Å². The van der Waals surface area contributed by atoms with E-state index >= 15 is 0 Å². The van der Waals surface area contributed by atoms with E-state index in [0.29, 0.717) is 12.1 Å². The molecule has 122 valence electrons. The van der Waals surface area contributed by atoms with Gasteiger partial charge in [0, 0.05) is 24.7 Å². The van der Waals surface area contributed by atoms with Crippen LogP contribution >= 0.6 is 0 Å². The standard InChI is InChI=1S/C16H31N3O2/c1-16(2,3)21-15(20)19-14-8-6-4-5-7-13(14)18-12-9-10-17-11-12/h12-14,17-18H,4-11H2,1-3H3,(H,19,20). The molecule has 3 N–H and O–H groups in total. The Morgan fingerprint density at radius 2 is 1.81 bits per heavy atom. The van der Waals surface area contributed by atoms with E-state index in [1.54, 1.807) is 0 Å². The van der Waals surface area contributed by atoms with Gasteiger partial charge in [-0.1, -0.05) is 19.3 Å². The van der Waals surface area contributed by atoms with Gasteiger partial charge in [0.2, 0.25) is 0 Å². The van der Waals surface area contributed by atoms with Crippen molar-refractivity contribution >= 4 is 6.09 Å². The first-order chi connectivity index (χ1) is 9.94. The van der Waals surface area contributed by atoms with E-state index in [2.05, 4.69) is 16.0 Å². The van der Waals surface area contributed by atoms with E-state index in [-0.39, 0.29) is 12.1 Å². The molecule has 1 aliphatic carbocycles. The molecule has 3 atom stereocenters. The summed E-state index contributed by atoms with van der Waals surface area (Å²) in [5.41, 5.74) is -0.437. The highest BCUT2D eigenvalue weighted by molar-refractivity contribution is 5.68. The summed E-state index contributed by atoms with van der Waals surface area (Å²) in [6, 6.07) is 1.09. The summed E-state index contributed by atoms with van der Waals surface area (Å²) in [6.45, 7) is 7.84. The Morgan fingerprint density at radius 3 is 2.43 bits per heavy atom. The Kier molecular flexibility index (Phi) is 5.88. The zero-order chi connectivity index (χ0) is 15.3. The van der Waals surface area contributed by atoms with Crippen molar-refractivity contribution in [1.82, 2.24) is 16.0 Å². The van der Waals surface area contributed by atoms with Crippen LogP contribution < -0.4 is 16.0 Å². The van der Waals surface area contributed by atoms with Crippen molar-refractivity contribution in [3.8, 4) is 0 Å². The number of carbonyl (C=O) groups is 1. The molecule has 2 rings (SSSR count). The minimum Gasteiger partial charge on any atom is -0.444 e. The number of hydrogen-bond acceptors (Lipinski definition) is 4. The van der Waals surface area contributed by atoms with Crippen molar-refractivity contribution in [1.29, 1.82) is 0 Å². The second-order valence-corrected chi connectivity index (χ2v) is 7.35. The van der Waals surface area contributed by atoms with E-state index in [0.717, 1.165) is 25.9 Å². The molecule has 0 bridgehead atoms. The molecule has 1 aliphatic heterocycles. The molecule has 0 aromatic heterocycles. The SMILES string of the molecule is CC(C)(C)OC(=O)NC1CCCCCC1NC1CCNC1. The largest absolute Gasteiger partial charge is 0.444 e. The molecule has 21 heavy (non-hydrogen) atoms. The summed E-state index contributed by atoms with van der Waals surface area (Å²) in [5, 5.41) is 10.2. The Hall–Kier alpha value is -0.810. The van der Waals surface area contributed by atoms with Gasteiger partial charge in [-0.05, 0) is 46.6 Å². The number of ether oxygens (including phenoxy) is 1. The van der Waals surface area contributed by atoms with E-state index in [4.69, 9.17) is 4.74 Å². The maximum Gasteiger partial charge on any atom is 0.407 e.